The minimum absolute atomic E-state index is 0.0266. The highest BCUT2D eigenvalue weighted by atomic mass is 16.5. The van der Waals surface area contributed by atoms with E-state index in [4.69, 9.17) is 4.74 Å². The number of urea groups is 1. The van der Waals surface area contributed by atoms with Gasteiger partial charge in [0, 0.05) is 50.7 Å². The monoisotopic (exact) mass is 370 g/mol. The van der Waals surface area contributed by atoms with Crippen LogP contribution in [0.4, 0.5) is 10.6 Å². The summed E-state index contributed by atoms with van der Waals surface area (Å²) in [5.74, 6) is 0.963. The van der Waals surface area contributed by atoms with Gasteiger partial charge in [-0.05, 0) is 25.5 Å². The van der Waals surface area contributed by atoms with Gasteiger partial charge in [-0.1, -0.05) is 6.07 Å². The smallest absolute Gasteiger partial charge is 0.317 e. The number of morpholine rings is 1. The molecule has 0 bridgehead atoms. The second-order valence-corrected chi connectivity index (χ2v) is 7.47. The second-order valence-electron chi connectivity index (χ2n) is 7.47. The molecule has 144 valence electrons. The summed E-state index contributed by atoms with van der Waals surface area (Å²) < 4.78 is 7.76. The lowest BCUT2D eigenvalue weighted by Crippen LogP contribution is -2.55. The quantitative estimate of drug-likeness (QED) is 0.883. The van der Waals surface area contributed by atoms with Gasteiger partial charge in [0.2, 0.25) is 0 Å². The summed E-state index contributed by atoms with van der Waals surface area (Å²) in [5.41, 5.74) is 0.462. The van der Waals surface area contributed by atoms with Crippen LogP contribution >= 0.6 is 0 Å². The molecule has 4 heterocycles. The van der Waals surface area contributed by atoms with Crippen molar-refractivity contribution in [3.05, 3.63) is 42.4 Å². The van der Waals surface area contributed by atoms with E-state index >= 15 is 0 Å². The van der Waals surface area contributed by atoms with Crippen molar-refractivity contribution in [2.45, 2.75) is 25.0 Å². The van der Waals surface area contributed by atoms with Crippen LogP contribution < -0.4 is 10.2 Å². The van der Waals surface area contributed by atoms with Crippen molar-refractivity contribution in [1.82, 2.24) is 25.0 Å². The fraction of sp³-hybridized carbons (Fsp3) is 0.526. The van der Waals surface area contributed by atoms with Crippen molar-refractivity contribution in [1.29, 1.82) is 0 Å². The molecule has 2 aromatic rings. The van der Waals surface area contributed by atoms with E-state index in [1.165, 1.54) is 0 Å². The summed E-state index contributed by atoms with van der Waals surface area (Å²) in [6, 6.07) is 6.01. The molecular formula is C19H26N6O2. The van der Waals surface area contributed by atoms with E-state index in [2.05, 4.69) is 20.3 Å². The molecule has 4 rings (SSSR count). The lowest BCUT2D eigenvalue weighted by molar-refractivity contribution is -0.0908. The van der Waals surface area contributed by atoms with Gasteiger partial charge in [-0.25, -0.2) is 9.78 Å². The van der Waals surface area contributed by atoms with Crippen LogP contribution in [0.15, 0.2) is 36.8 Å². The largest absolute Gasteiger partial charge is 0.367 e. The number of rotatable bonds is 3. The summed E-state index contributed by atoms with van der Waals surface area (Å²) in [7, 11) is 1.88. The van der Waals surface area contributed by atoms with E-state index in [0.717, 1.165) is 30.9 Å². The fourth-order valence-electron chi connectivity index (χ4n) is 3.81. The van der Waals surface area contributed by atoms with Crippen LogP contribution in [0.25, 0.3) is 0 Å². The zero-order chi connectivity index (χ0) is 18.9. The number of ether oxygens (including phenoxy) is 1. The molecular weight excluding hydrogens is 344 g/mol. The predicted molar refractivity (Wildman–Crippen MR) is 101 cm³/mol. The first-order valence-corrected chi connectivity index (χ1v) is 9.38. The molecule has 27 heavy (non-hydrogen) atoms. The number of nitrogens with one attached hydrogen (secondary N) is 1. The molecule has 8 heteroatoms. The zero-order valence-electron chi connectivity index (χ0n) is 15.8. The first-order chi connectivity index (χ1) is 13.0. The molecule has 2 fully saturated rings. The fourth-order valence-corrected chi connectivity index (χ4v) is 3.81. The Bertz CT molecular complexity index is 795. The Morgan fingerprint density at radius 1 is 1.37 bits per heavy atom. The van der Waals surface area contributed by atoms with Crippen LogP contribution in [-0.4, -0.2) is 64.5 Å². The molecule has 2 saturated heterocycles. The summed E-state index contributed by atoms with van der Waals surface area (Å²) in [5, 5.41) is 7.42. The Labute approximate surface area is 159 Å². The number of hydrogen-bond donors (Lipinski definition) is 1. The standard InChI is InChI=1S/C19H26N6O2/c1-19(15-11-21-23(2)12-15)14-25(9-10-27-19)18(26)22-16-6-8-24(13-16)17-5-3-4-7-20-17/h3-5,7,11-12,16H,6,8-10,13-14H2,1-2H3,(H,22,26). The Hall–Kier alpha value is -2.61. The number of carbonyl (C=O) groups is 1. The Morgan fingerprint density at radius 3 is 3.00 bits per heavy atom. The first kappa shape index (κ1) is 17.8. The normalized spacial score (nSPS) is 25.6. The minimum Gasteiger partial charge on any atom is -0.367 e. The van der Waals surface area contributed by atoms with Gasteiger partial charge in [0.05, 0.1) is 19.3 Å². The van der Waals surface area contributed by atoms with Gasteiger partial charge >= 0.3 is 6.03 Å². The van der Waals surface area contributed by atoms with Crippen LogP contribution in [0, 0.1) is 0 Å². The zero-order valence-corrected chi connectivity index (χ0v) is 15.8. The Kier molecular flexibility index (Phi) is 4.73. The van der Waals surface area contributed by atoms with Gasteiger partial charge in [0.25, 0.3) is 0 Å². The number of nitrogens with zero attached hydrogens (tertiary/aromatic N) is 5. The van der Waals surface area contributed by atoms with Gasteiger partial charge in [-0.15, -0.1) is 0 Å². The number of carbonyl (C=O) groups excluding carboxylic acids is 1. The van der Waals surface area contributed by atoms with Crippen molar-refractivity contribution in [2.75, 3.05) is 37.7 Å². The number of pyridine rings is 1. The summed E-state index contributed by atoms with van der Waals surface area (Å²) in [4.78, 5) is 21.3. The number of amides is 2. The van der Waals surface area contributed by atoms with Gasteiger partial charge in [-0.3, -0.25) is 4.68 Å². The molecule has 2 aliphatic rings. The highest BCUT2D eigenvalue weighted by Crippen LogP contribution is 2.29. The average Bonchev–Trinajstić information content (AvgIpc) is 3.32. The van der Waals surface area contributed by atoms with E-state index in [0.29, 0.717) is 19.7 Å². The van der Waals surface area contributed by atoms with Crippen LogP contribution in [0.3, 0.4) is 0 Å². The molecule has 2 aromatic heterocycles. The highest BCUT2D eigenvalue weighted by Gasteiger charge is 2.37. The maximum Gasteiger partial charge on any atom is 0.317 e. The Morgan fingerprint density at radius 2 is 2.26 bits per heavy atom. The van der Waals surface area contributed by atoms with Crippen LogP contribution in [-0.2, 0) is 17.4 Å². The molecule has 2 unspecified atom stereocenters. The topological polar surface area (TPSA) is 75.5 Å². The molecule has 0 saturated carbocycles. The third kappa shape index (κ3) is 3.75. The van der Waals surface area contributed by atoms with Crippen molar-refractivity contribution in [2.24, 2.45) is 7.05 Å². The van der Waals surface area contributed by atoms with Gasteiger partial charge in [0.1, 0.15) is 11.4 Å². The summed E-state index contributed by atoms with van der Waals surface area (Å²) in [6.45, 7) is 5.33. The van der Waals surface area contributed by atoms with E-state index in [1.54, 1.807) is 10.9 Å². The molecule has 0 aliphatic carbocycles. The van der Waals surface area contributed by atoms with Gasteiger partial charge < -0.3 is 19.9 Å². The minimum atomic E-state index is -0.528. The second kappa shape index (κ2) is 7.19. The number of anilines is 1. The van der Waals surface area contributed by atoms with Crippen molar-refractivity contribution >= 4 is 11.8 Å². The van der Waals surface area contributed by atoms with E-state index in [-0.39, 0.29) is 12.1 Å². The third-order valence-electron chi connectivity index (χ3n) is 5.37. The highest BCUT2D eigenvalue weighted by molar-refractivity contribution is 5.75. The van der Waals surface area contributed by atoms with Crippen molar-refractivity contribution in [3.8, 4) is 0 Å². The van der Waals surface area contributed by atoms with Crippen LogP contribution in [0.5, 0.6) is 0 Å². The van der Waals surface area contributed by atoms with Crippen LogP contribution in [0.2, 0.25) is 0 Å². The number of aryl methyl sites for hydroxylation is 1. The maximum absolute atomic E-state index is 12.8. The maximum atomic E-state index is 12.8. The number of hydrogen-bond acceptors (Lipinski definition) is 5. The van der Waals surface area contributed by atoms with Crippen molar-refractivity contribution < 1.29 is 9.53 Å². The first-order valence-electron chi connectivity index (χ1n) is 9.38. The molecule has 1 N–H and O–H groups in total. The van der Waals surface area contributed by atoms with Gasteiger partial charge in [-0.2, -0.15) is 5.10 Å². The number of aromatic nitrogens is 3. The van der Waals surface area contributed by atoms with Crippen LogP contribution in [0.1, 0.15) is 18.9 Å². The average molecular weight is 370 g/mol. The summed E-state index contributed by atoms with van der Waals surface area (Å²) >= 11 is 0. The lowest BCUT2D eigenvalue weighted by Gasteiger charge is -2.40. The van der Waals surface area contributed by atoms with E-state index < -0.39 is 5.60 Å². The van der Waals surface area contributed by atoms with E-state index in [1.807, 2.05) is 49.5 Å². The molecule has 2 amide bonds. The molecule has 0 aromatic carbocycles. The third-order valence-corrected chi connectivity index (χ3v) is 5.37. The van der Waals surface area contributed by atoms with E-state index in [9.17, 15) is 4.79 Å². The van der Waals surface area contributed by atoms with Crippen molar-refractivity contribution in [3.63, 3.8) is 0 Å². The molecule has 0 spiro atoms. The molecule has 2 aliphatic heterocycles. The Balaban J connectivity index is 1.36. The molecule has 8 nitrogen and oxygen atoms in total. The molecule has 0 radical (unpaired) electrons. The van der Waals surface area contributed by atoms with Gasteiger partial charge in [0.15, 0.2) is 0 Å². The predicted octanol–water partition coefficient (Wildman–Crippen LogP) is 1.35. The SMILES string of the molecule is Cn1cc(C2(C)CN(C(=O)NC3CCN(c4ccccn4)C3)CCO2)cn1. The lowest BCUT2D eigenvalue weighted by atomic mass is 9.97. The molecule has 2 atom stereocenters. The summed E-state index contributed by atoms with van der Waals surface area (Å²) in [6.07, 6.45) is 6.48.